The Labute approximate surface area is 294 Å². The molecule has 1 aromatic rings. The zero-order chi connectivity index (χ0) is 36.4. The number of carbonyl (C=O) groups excluding carboxylic acids is 1. The summed E-state index contributed by atoms with van der Waals surface area (Å²) in [5, 5.41) is 10.5. The van der Waals surface area contributed by atoms with Crippen LogP contribution in [0.15, 0.2) is 18.2 Å². The molecule has 1 aliphatic heterocycles. The van der Waals surface area contributed by atoms with Gasteiger partial charge in [-0.15, -0.1) is 0 Å². The second-order valence-corrected chi connectivity index (χ2v) is 18.5. The van der Waals surface area contributed by atoms with Crippen LogP contribution in [0.5, 0.6) is 5.75 Å². The minimum Gasteiger partial charge on any atom is -0.429 e. The maximum atomic E-state index is 12.7. The largest absolute Gasteiger partial charge is 0.514 e. The predicted molar refractivity (Wildman–Crippen MR) is 186 cm³/mol. The van der Waals surface area contributed by atoms with E-state index in [1.54, 1.807) is 0 Å². The quantitative estimate of drug-likeness (QED) is 0.112. The van der Waals surface area contributed by atoms with Crippen molar-refractivity contribution in [2.75, 3.05) is 25.9 Å². The van der Waals surface area contributed by atoms with Crippen LogP contribution in [0.2, 0.25) is 0 Å². The van der Waals surface area contributed by atoms with Crippen molar-refractivity contribution >= 4 is 17.9 Å². The maximum absolute atomic E-state index is 12.7. The first kappa shape index (κ1) is 40.2. The lowest BCUT2D eigenvalue weighted by Crippen LogP contribution is -2.43. The fraction of sp³-hybridized carbons (Fsp3) is 0.816. The van der Waals surface area contributed by atoms with E-state index in [9.17, 15) is 31.9 Å². The van der Waals surface area contributed by atoms with Crippen molar-refractivity contribution in [2.45, 2.75) is 147 Å². The second kappa shape index (κ2) is 15.6. The fourth-order valence-corrected chi connectivity index (χ4v) is 10.3. The third kappa shape index (κ3) is 10.1. The Balaban J connectivity index is 0.000000240. The summed E-state index contributed by atoms with van der Waals surface area (Å²) in [5.41, 5.74) is 3.01. The molecule has 0 radical (unpaired) electrons. The Hall–Kier alpha value is -1.59. The van der Waals surface area contributed by atoms with Crippen molar-refractivity contribution in [2.24, 2.45) is 22.7 Å². The average molecular weight is 720 g/mol. The smallest absolute Gasteiger partial charge is 0.429 e. The SMILES string of the molecule is CCC(C)(C)CC(C)(C)SCCCC(F)(F)C(F)(F)F.CN1CCC(OC(=O)Oc2ccc3c(c2)CCC2C3CCC3(C)C(O)CCC23)C1. The molecule has 2 saturated carbocycles. The van der Waals surface area contributed by atoms with Gasteiger partial charge in [-0.25, -0.2) is 4.79 Å². The zero-order valence-electron chi connectivity index (χ0n) is 30.4. The molecule has 3 aliphatic carbocycles. The number of likely N-dealkylation sites (tertiary alicyclic amines) is 1. The van der Waals surface area contributed by atoms with Gasteiger partial charge in [0.05, 0.1) is 6.10 Å². The van der Waals surface area contributed by atoms with Gasteiger partial charge in [0, 0.05) is 24.3 Å². The lowest BCUT2D eigenvalue weighted by molar-refractivity contribution is -0.284. The molecule has 5 rings (SSSR count). The number of rotatable bonds is 10. The van der Waals surface area contributed by atoms with Gasteiger partial charge in [-0.1, -0.05) is 54.0 Å². The molecule has 1 N–H and O–H groups in total. The number of aliphatic hydroxyl groups excluding tert-OH is 1. The molecule has 49 heavy (non-hydrogen) atoms. The lowest BCUT2D eigenvalue weighted by atomic mass is 9.55. The molecule has 3 fully saturated rings. The second-order valence-electron chi connectivity index (χ2n) is 16.7. The third-order valence-electron chi connectivity index (χ3n) is 11.9. The number of fused-ring (bicyclic) bond motifs is 5. The highest BCUT2D eigenvalue weighted by molar-refractivity contribution is 8.00. The van der Waals surface area contributed by atoms with E-state index in [4.69, 9.17) is 9.47 Å². The number of nitrogens with zero attached hydrogens (tertiary/aromatic N) is 1. The Morgan fingerprint density at radius 3 is 2.41 bits per heavy atom. The zero-order valence-corrected chi connectivity index (χ0v) is 31.3. The van der Waals surface area contributed by atoms with Crippen molar-refractivity contribution in [3.8, 4) is 5.75 Å². The molecule has 0 amide bonds. The van der Waals surface area contributed by atoms with Crippen LogP contribution in [0.3, 0.4) is 0 Å². The summed E-state index contributed by atoms with van der Waals surface area (Å²) in [6.07, 6.45) is 1.88. The first-order chi connectivity index (χ1) is 22.7. The highest BCUT2D eigenvalue weighted by atomic mass is 32.2. The van der Waals surface area contributed by atoms with Gasteiger partial charge in [0.25, 0.3) is 0 Å². The number of benzene rings is 1. The number of hydrogen-bond donors (Lipinski definition) is 1. The van der Waals surface area contributed by atoms with E-state index in [-0.39, 0.29) is 34.2 Å². The van der Waals surface area contributed by atoms with Crippen molar-refractivity contribution in [3.05, 3.63) is 29.3 Å². The Bertz CT molecular complexity index is 1270. The van der Waals surface area contributed by atoms with Crippen LogP contribution < -0.4 is 4.74 Å². The summed E-state index contributed by atoms with van der Waals surface area (Å²) in [6, 6.07) is 6.15. The first-order valence-electron chi connectivity index (χ1n) is 18.1. The molecule has 5 nitrogen and oxygen atoms in total. The molecule has 1 aromatic carbocycles. The third-order valence-corrected chi connectivity index (χ3v) is 13.3. The number of aryl methyl sites for hydroxylation is 1. The van der Waals surface area contributed by atoms with Crippen LogP contribution in [0.4, 0.5) is 26.7 Å². The van der Waals surface area contributed by atoms with Gasteiger partial charge in [-0.05, 0) is 122 Å². The molecule has 1 heterocycles. The van der Waals surface area contributed by atoms with Crippen LogP contribution in [0.1, 0.15) is 123 Å². The molecule has 0 spiro atoms. The van der Waals surface area contributed by atoms with Crippen LogP contribution >= 0.6 is 11.8 Å². The topological polar surface area (TPSA) is 59.0 Å². The van der Waals surface area contributed by atoms with Crippen molar-refractivity contribution < 1.29 is 41.3 Å². The molecule has 1 saturated heterocycles. The lowest BCUT2D eigenvalue weighted by Gasteiger charge is -2.50. The van der Waals surface area contributed by atoms with Crippen LogP contribution in [-0.2, 0) is 11.2 Å². The number of carbonyl (C=O) groups is 1. The van der Waals surface area contributed by atoms with Crippen LogP contribution in [-0.4, -0.2) is 71.1 Å². The monoisotopic (exact) mass is 719 g/mol. The normalized spacial score (nSPS) is 29.0. The number of hydrogen-bond acceptors (Lipinski definition) is 6. The van der Waals surface area contributed by atoms with E-state index in [1.165, 1.54) is 29.3 Å². The summed E-state index contributed by atoms with van der Waals surface area (Å²) in [6.45, 7) is 14.4. The molecule has 0 aromatic heterocycles. The minimum atomic E-state index is -5.43. The number of aliphatic hydroxyl groups is 1. The summed E-state index contributed by atoms with van der Waals surface area (Å²) >= 11 is 1.47. The molecule has 280 valence electrons. The van der Waals surface area contributed by atoms with E-state index < -0.39 is 24.7 Å². The molecule has 4 aliphatic rings. The van der Waals surface area contributed by atoms with Gasteiger partial charge >= 0.3 is 18.3 Å². The molecule has 11 heteroatoms. The van der Waals surface area contributed by atoms with Gasteiger partial charge in [-0.2, -0.15) is 33.7 Å². The Morgan fingerprint density at radius 1 is 1.06 bits per heavy atom. The molecule has 6 unspecified atom stereocenters. The number of thioether (sulfide) groups is 1. The van der Waals surface area contributed by atoms with E-state index in [0.717, 1.165) is 64.5 Å². The summed E-state index contributed by atoms with van der Waals surface area (Å²) in [7, 11) is 2.03. The molecular formula is C38H58F5NO4S. The standard InChI is InChI=1S/C24H33NO4.C14H25F5S/c1-24-11-9-19-18-6-4-16(28-23(27)29-17-10-12-25(2)14-17)13-15(18)3-5-20(19)21(24)7-8-22(24)26;1-6-11(2,3)10-12(4,5)20-9-7-8-13(15,16)14(17,18)19/h4,6,13,17,19-22,26H,3,5,7-12,14H2,1-2H3;6-10H2,1-5H3. The highest BCUT2D eigenvalue weighted by Crippen LogP contribution is 2.61. The van der Waals surface area contributed by atoms with Crippen molar-refractivity contribution in [1.29, 1.82) is 0 Å². The van der Waals surface area contributed by atoms with Gasteiger partial charge in [-0.3, -0.25) is 0 Å². The van der Waals surface area contributed by atoms with Gasteiger partial charge in [0.15, 0.2) is 0 Å². The van der Waals surface area contributed by atoms with Crippen molar-refractivity contribution in [1.82, 2.24) is 4.90 Å². The van der Waals surface area contributed by atoms with Gasteiger partial charge in [0.1, 0.15) is 11.9 Å². The van der Waals surface area contributed by atoms with E-state index in [1.807, 2.05) is 33.0 Å². The summed E-state index contributed by atoms with van der Waals surface area (Å²) in [4.78, 5) is 14.3. The highest BCUT2D eigenvalue weighted by Gasteiger charge is 2.57. The Kier molecular flexibility index (Phi) is 12.8. The Morgan fingerprint density at radius 2 is 1.78 bits per heavy atom. The molecular weight excluding hydrogens is 661 g/mol. The van der Waals surface area contributed by atoms with Gasteiger partial charge < -0.3 is 19.5 Å². The first-order valence-corrected chi connectivity index (χ1v) is 19.1. The van der Waals surface area contributed by atoms with Crippen LogP contribution in [0.25, 0.3) is 0 Å². The summed E-state index contributed by atoms with van der Waals surface area (Å²) in [5.74, 6) is -1.76. The number of likely N-dealkylation sites (N-methyl/N-ethyl adjacent to an activating group) is 1. The maximum Gasteiger partial charge on any atom is 0.514 e. The minimum absolute atomic E-state index is 0.0656. The average Bonchev–Trinajstić information content (AvgIpc) is 3.55. The number of alkyl halides is 5. The summed E-state index contributed by atoms with van der Waals surface area (Å²) < 4.78 is 72.3. The van der Waals surface area contributed by atoms with E-state index in [2.05, 4.69) is 38.7 Å². The van der Waals surface area contributed by atoms with Crippen molar-refractivity contribution in [3.63, 3.8) is 0 Å². The fourth-order valence-electron chi connectivity index (χ4n) is 8.95. The van der Waals surface area contributed by atoms with Gasteiger partial charge in [0.2, 0.25) is 0 Å². The molecule has 0 bridgehead atoms. The van der Waals surface area contributed by atoms with E-state index >= 15 is 0 Å². The molecule has 6 atom stereocenters. The predicted octanol–water partition coefficient (Wildman–Crippen LogP) is 10.4. The number of halogens is 5. The van der Waals surface area contributed by atoms with E-state index in [0.29, 0.717) is 29.3 Å². The number of ether oxygens (including phenoxy) is 2. The van der Waals surface area contributed by atoms with Crippen LogP contribution in [0, 0.1) is 22.7 Å².